The lowest BCUT2D eigenvalue weighted by Gasteiger charge is -2.07. The smallest absolute Gasteiger partial charge is 0.319 e. The van der Waals surface area contributed by atoms with Crippen molar-refractivity contribution in [2.75, 3.05) is 18.1 Å². The minimum absolute atomic E-state index is 0.233. The van der Waals surface area contributed by atoms with Gasteiger partial charge in [0.05, 0.1) is 0 Å². The summed E-state index contributed by atoms with van der Waals surface area (Å²) in [6, 6.07) is 15.9. The van der Waals surface area contributed by atoms with Crippen molar-refractivity contribution < 1.29 is 4.79 Å². The summed E-state index contributed by atoms with van der Waals surface area (Å²) in [5.74, 6) is 1.52. The zero-order valence-corrected chi connectivity index (χ0v) is 16.3. The van der Waals surface area contributed by atoms with Crippen LogP contribution in [0.1, 0.15) is 22.8 Å². The molecule has 0 radical (unpaired) electrons. The minimum atomic E-state index is -0.233. The first-order chi connectivity index (χ1) is 13.1. The molecule has 3 aromatic rings. The summed E-state index contributed by atoms with van der Waals surface area (Å²) in [7, 11) is 0. The molecular weight excluding hydrogens is 358 g/mol. The van der Waals surface area contributed by atoms with Gasteiger partial charge in [0.2, 0.25) is 0 Å². The summed E-state index contributed by atoms with van der Waals surface area (Å²) >= 11 is 1.64. The Hall–Kier alpha value is -2.80. The van der Waals surface area contributed by atoms with Crippen LogP contribution in [0.5, 0.6) is 0 Å². The van der Waals surface area contributed by atoms with Crippen molar-refractivity contribution in [2.24, 2.45) is 0 Å². The summed E-state index contributed by atoms with van der Waals surface area (Å²) in [6.45, 7) is 2.54. The van der Waals surface area contributed by atoms with Gasteiger partial charge in [-0.3, -0.25) is 5.10 Å². The lowest BCUT2D eigenvalue weighted by Crippen LogP contribution is -2.30. The maximum absolute atomic E-state index is 12.0. The zero-order chi connectivity index (χ0) is 19.1. The average Bonchev–Trinajstić information content (AvgIpc) is 3.11. The fourth-order valence-corrected chi connectivity index (χ4v) is 3.05. The Morgan fingerprint density at radius 1 is 1.19 bits per heavy atom. The van der Waals surface area contributed by atoms with Crippen molar-refractivity contribution in [3.63, 3.8) is 0 Å². The quantitative estimate of drug-likeness (QED) is 0.544. The number of carbonyl (C=O) groups is 1. The van der Waals surface area contributed by atoms with Crippen LogP contribution in [0.25, 0.3) is 0 Å². The van der Waals surface area contributed by atoms with Crippen LogP contribution < -0.4 is 10.6 Å². The third-order valence-electron chi connectivity index (χ3n) is 4.03. The summed E-state index contributed by atoms with van der Waals surface area (Å²) in [5.41, 5.74) is 3.20. The van der Waals surface area contributed by atoms with E-state index < -0.39 is 0 Å². The predicted molar refractivity (Wildman–Crippen MR) is 109 cm³/mol. The number of aromatic amines is 1. The molecule has 0 spiro atoms. The second kappa shape index (κ2) is 9.23. The van der Waals surface area contributed by atoms with Gasteiger partial charge in [0.25, 0.3) is 0 Å². The molecule has 1 aromatic heterocycles. The minimum Gasteiger partial charge on any atom is -0.337 e. The van der Waals surface area contributed by atoms with E-state index in [0.29, 0.717) is 25.2 Å². The standard InChI is InChI=1S/C20H23N5OS/c1-14-6-8-15(9-7-14)12-19-23-18(24-25-19)10-11-21-20(26)22-16-4-3-5-17(13-16)27-2/h3-9,13H,10-12H2,1-2H3,(H2,21,22,26)(H,23,24,25). The number of aromatic nitrogens is 3. The van der Waals surface area contributed by atoms with E-state index in [0.717, 1.165) is 16.4 Å². The second-order valence-corrected chi connectivity index (χ2v) is 7.10. The van der Waals surface area contributed by atoms with E-state index in [4.69, 9.17) is 0 Å². The third-order valence-corrected chi connectivity index (χ3v) is 4.76. The van der Waals surface area contributed by atoms with Gasteiger partial charge in [-0.2, -0.15) is 5.10 Å². The molecule has 140 valence electrons. The summed E-state index contributed by atoms with van der Waals surface area (Å²) in [4.78, 5) is 17.6. The molecule has 0 bridgehead atoms. The maximum atomic E-state index is 12.0. The van der Waals surface area contributed by atoms with Crippen LogP contribution in [0.2, 0.25) is 0 Å². The molecule has 27 heavy (non-hydrogen) atoms. The van der Waals surface area contributed by atoms with E-state index in [1.165, 1.54) is 11.1 Å². The second-order valence-electron chi connectivity index (χ2n) is 6.22. The van der Waals surface area contributed by atoms with Crippen LogP contribution in [0.4, 0.5) is 10.5 Å². The molecule has 0 aliphatic rings. The average molecular weight is 382 g/mol. The number of H-pyrrole nitrogens is 1. The van der Waals surface area contributed by atoms with E-state index in [9.17, 15) is 4.79 Å². The topological polar surface area (TPSA) is 82.7 Å². The first kappa shape index (κ1) is 19.0. The number of thioether (sulfide) groups is 1. The molecule has 6 nitrogen and oxygen atoms in total. The van der Waals surface area contributed by atoms with Crippen LogP contribution in [-0.4, -0.2) is 34.0 Å². The van der Waals surface area contributed by atoms with E-state index in [1.54, 1.807) is 11.8 Å². The number of rotatable bonds is 7. The Labute approximate surface area is 163 Å². The Morgan fingerprint density at radius 2 is 2.00 bits per heavy atom. The Bertz CT molecular complexity index is 891. The van der Waals surface area contributed by atoms with Crippen LogP contribution in [0.3, 0.4) is 0 Å². The molecule has 3 rings (SSSR count). The van der Waals surface area contributed by atoms with Gasteiger partial charge in [-0.25, -0.2) is 9.78 Å². The fraction of sp³-hybridized carbons (Fsp3) is 0.250. The normalized spacial score (nSPS) is 10.6. The van der Waals surface area contributed by atoms with Crippen LogP contribution in [-0.2, 0) is 12.8 Å². The highest BCUT2D eigenvalue weighted by molar-refractivity contribution is 7.98. The number of urea groups is 1. The summed E-state index contributed by atoms with van der Waals surface area (Å²) < 4.78 is 0. The number of aryl methyl sites for hydroxylation is 1. The number of amides is 2. The van der Waals surface area contributed by atoms with Crippen molar-refractivity contribution >= 4 is 23.5 Å². The first-order valence-corrected chi connectivity index (χ1v) is 9.99. The van der Waals surface area contributed by atoms with Crippen molar-refractivity contribution in [3.05, 3.63) is 71.3 Å². The van der Waals surface area contributed by atoms with E-state index in [-0.39, 0.29) is 6.03 Å². The number of nitrogens with one attached hydrogen (secondary N) is 3. The highest BCUT2D eigenvalue weighted by atomic mass is 32.2. The van der Waals surface area contributed by atoms with E-state index in [1.807, 2.05) is 30.5 Å². The molecule has 3 N–H and O–H groups in total. The number of hydrogen-bond donors (Lipinski definition) is 3. The van der Waals surface area contributed by atoms with Crippen LogP contribution in [0, 0.1) is 6.92 Å². The van der Waals surface area contributed by atoms with Gasteiger partial charge in [-0.05, 0) is 36.9 Å². The summed E-state index contributed by atoms with van der Waals surface area (Å²) in [5, 5.41) is 12.9. The molecule has 0 saturated carbocycles. The molecule has 1 heterocycles. The van der Waals surface area contributed by atoms with Gasteiger partial charge in [0.1, 0.15) is 5.82 Å². The highest BCUT2D eigenvalue weighted by Gasteiger charge is 2.06. The first-order valence-electron chi connectivity index (χ1n) is 8.77. The van der Waals surface area contributed by atoms with E-state index >= 15 is 0 Å². The predicted octanol–water partition coefficient (Wildman–Crippen LogP) is 3.79. The van der Waals surface area contributed by atoms with Gasteiger partial charge in [-0.15, -0.1) is 11.8 Å². The number of benzene rings is 2. The number of nitrogens with zero attached hydrogens (tertiary/aromatic N) is 2. The fourth-order valence-electron chi connectivity index (χ4n) is 2.59. The van der Waals surface area contributed by atoms with Crippen molar-refractivity contribution in [2.45, 2.75) is 24.7 Å². The molecular formula is C20H23N5OS. The van der Waals surface area contributed by atoms with Crippen LogP contribution >= 0.6 is 11.8 Å². The molecule has 0 aliphatic heterocycles. The lowest BCUT2D eigenvalue weighted by molar-refractivity contribution is 0.252. The molecule has 0 saturated heterocycles. The zero-order valence-electron chi connectivity index (χ0n) is 15.5. The Kier molecular flexibility index (Phi) is 6.49. The number of hydrogen-bond acceptors (Lipinski definition) is 4. The Morgan fingerprint density at radius 3 is 2.78 bits per heavy atom. The van der Waals surface area contributed by atoms with E-state index in [2.05, 4.69) is 57.0 Å². The lowest BCUT2D eigenvalue weighted by atomic mass is 10.1. The molecule has 0 atom stereocenters. The molecule has 0 fully saturated rings. The number of carbonyl (C=O) groups excluding carboxylic acids is 1. The van der Waals surface area contributed by atoms with Crippen molar-refractivity contribution in [1.82, 2.24) is 20.5 Å². The van der Waals surface area contributed by atoms with Crippen molar-refractivity contribution in [1.29, 1.82) is 0 Å². The molecule has 0 aliphatic carbocycles. The summed E-state index contributed by atoms with van der Waals surface area (Å²) in [6.07, 6.45) is 3.29. The highest BCUT2D eigenvalue weighted by Crippen LogP contribution is 2.18. The van der Waals surface area contributed by atoms with Crippen LogP contribution in [0.15, 0.2) is 53.4 Å². The van der Waals surface area contributed by atoms with Gasteiger partial charge >= 0.3 is 6.03 Å². The maximum Gasteiger partial charge on any atom is 0.319 e. The molecule has 2 aromatic carbocycles. The number of anilines is 1. The molecule has 2 amide bonds. The Balaban J connectivity index is 1.44. The SMILES string of the molecule is CSc1cccc(NC(=O)NCCc2n[nH]c(Cc3ccc(C)cc3)n2)c1. The van der Waals surface area contributed by atoms with Gasteiger partial charge < -0.3 is 10.6 Å². The van der Waals surface area contributed by atoms with Gasteiger partial charge in [0.15, 0.2) is 5.82 Å². The van der Waals surface area contributed by atoms with Gasteiger partial charge in [-0.1, -0.05) is 35.9 Å². The largest absolute Gasteiger partial charge is 0.337 e. The molecule has 7 heteroatoms. The third kappa shape index (κ3) is 5.86. The molecule has 0 unspecified atom stereocenters. The van der Waals surface area contributed by atoms with Gasteiger partial charge in [0, 0.05) is 30.0 Å². The monoisotopic (exact) mass is 381 g/mol. The van der Waals surface area contributed by atoms with Crippen molar-refractivity contribution in [3.8, 4) is 0 Å².